The van der Waals surface area contributed by atoms with Crippen LogP contribution in [0, 0.1) is 0 Å². The Morgan fingerprint density at radius 3 is 1.77 bits per heavy atom. The van der Waals surface area contributed by atoms with Crippen molar-refractivity contribution >= 4 is 24.1 Å². The molecule has 4 N–H and O–H groups in total. The maximum atomic E-state index is 5.64. The lowest BCUT2D eigenvalue weighted by Crippen LogP contribution is -2.16. The van der Waals surface area contributed by atoms with Gasteiger partial charge in [-0.05, 0) is 12.8 Å². The van der Waals surface area contributed by atoms with Crippen molar-refractivity contribution < 1.29 is 3.63 Å². The van der Waals surface area contributed by atoms with Gasteiger partial charge in [-0.3, -0.25) is 0 Å². The van der Waals surface area contributed by atoms with Crippen molar-refractivity contribution in [2.45, 2.75) is 23.6 Å². The second-order valence-corrected chi connectivity index (χ2v) is 4.53. The molecule has 0 aliphatic rings. The molecular weight excluding hydrogens is 204 g/mol. The molecular formula is C8H16N2OS2. The van der Waals surface area contributed by atoms with E-state index in [9.17, 15) is 0 Å². The zero-order chi connectivity index (χ0) is 10.1. The fourth-order valence-electron chi connectivity index (χ4n) is 0.531. The lowest BCUT2D eigenvalue weighted by molar-refractivity contribution is 0.713. The fourth-order valence-corrected chi connectivity index (χ4v) is 1.95. The van der Waals surface area contributed by atoms with E-state index in [1.54, 1.807) is 12.2 Å². The van der Waals surface area contributed by atoms with E-state index >= 15 is 0 Å². The largest absolute Gasteiger partial charge is 0.317 e. The van der Waals surface area contributed by atoms with Crippen molar-refractivity contribution in [2.75, 3.05) is 0 Å². The highest BCUT2D eigenvalue weighted by Crippen LogP contribution is 2.22. The van der Waals surface area contributed by atoms with Gasteiger partial charge in [-0.2, -0.15) is 0 Å². The van der Waals surface area contributed by atoms with E-state index < -0.39 is 0 Å². The van der Waals surface area contributed by atoms with Gasteiger partial charge < -0.3 is 11.5 Å². The fraction of sp³-hybridized carbons (Fsp3) is 0.500. The maximum absolute atomic E-state index is 5.64. The molecule has 0 spiro atoms. The molecule has 0 aliphatic carbocycles. The zero-order valence-corrected chi connectivity index (χ0v) is 9.15. The van der Waals surface area contributed by atoms with Gasteiger partial charge in [0.1, 0.15) is 0 Å². The number of nitrogens with two attached hydrogens (primary N) is 2. The molecule has 0 bridgehead atoms. The predicted molar refractivity (Wildman–Crippen MR) is 61.8 cm³/mol. The third-order valence-corrected chi connectivity index (χ3v) is 2.63. The summed E-state index contributed by atoms with van der Waals surface area (Å²) >= 11 is 2.42. The smallest absolute Gasteiger partial charge is 0.0821 e. The second-order valence-electron chi connectivity index (χ2n) is 2.39. The average Bonchev–Trinajstić information content (AvgIpc) is 2.05. The molecule has 0 aromatic heterocycles. The topological polar surface area (TPSA) is 61.3 Å². The Labute approximate surface area is 88.4 Å². The molecule has 0 aromatic carbocycles. The van der Waals surface area contributed by atoms with Crippen LogP contribution in [0.25, 0.3) is 0 Å². The summed E-state index contributed by atoms with van der Waals surface area (Å²) < 4.78 is 5.15. The summed E-state index contributed by atoms with van der Waals surface area (Å²) in [6.07, 6.45) is 4.97. The van der Waals surface area contributed by atoms with E-state index in [-0.39, 0.29) is 10.7 Å². The molecule has 0 aliphatic heterocycles. The van der Waals surface area contributed by atoms with Crippen LogP contribution in [0.3, 0.4) is 0 Å². The van der Waals surface area contributed by atoms with Crippen molar-refractivity contribution in [2.24, 2.45) is 11.5 Å². The van der Waals surface area contributed by atoms with E-state index in [1.165, 1.54) is 24.1 Å². The minimum atomic E-state index is -0.0686. The highest BCUT2D eigenvalue weighted by atomic mass is 32.2. The lowest BCUT2D eigenvalue weighted by atomic mass is 10.4. The second kappa shape index (κ2) is 8.65. The first-order valence-electron chi connectivity index (χ1n) is 3.92. The van der Waals surface area contributed by atoms with Gasteiger partial charge in [0, 0.05) is 24.1 Å². The third kappa shape index (κ3) is 8.39. The molecule has 0 fully saturated rings. The van der Waals surface area contributed by atoms with Crippen molar-refractivity contribution in [3.63, 3.8) is 0 Å². The molecule has 0 radical (unpaired) electrons. The molecule has 0 heterocycles. The van der Waals surface area contributed by atoms with Gasteiger partial charge in [-0.15, -0.1) is 13.2 Å². The molecule has 13 heavy (non-hydrogen) atoms. The molecule has 2 unspecified atom stereocenters. The van der Waals surface area contributed by atoms with Crippen LogP contribution in [0.15, 0.2) is 25.3 Å². The summed E-state index contributed by atoms with van der Waals surface area (Å²) in [5.41, 5.74) is 11.3. The summed E-state index contributed by atoms with van der Waals surface area (Å²) in [5.74, 6) is 0. The van der Waals surface area contributed by atoms with Gasteiger partial charge in [0.2, 0.25) is 0 Å². The SMILES string of the molecule is C=CCC(N)SOSC(N)CC=C. The monoisotopic (exact) mass is 220 g/mol. The van der Waals surface area contributed by atoms with E-state index in [1.807, 2.05) is 0 Å². The predicted octanol–water partition coefficient (Wildman–Crippen LogP) is 2.02. The van der Waals surface area contributed by atoms with Crippen LogP contribution >= 0.6 is 24.1 Å². The van der Waals surface area contributed by atoms with Crippen molar-refractivity contribution in [1.82, 2.24) is 0 Å². The molecule has 0 rings (SSSR count). The van der Waals surface area contributed by atoms with Crippen LogP contribution < -0.4 is 11.5 Å². The Morgan fingerprint density at radius 2 is 1.46 bits per heavy atom. The van der Waals surface area contributed by atoms with E-state index in [4.69, 9.17) is 15.1 Å². The van der Waals surface area contributed by atoms with Crippen LogP contribution in [-0.2, 0) is 3.63 Å². The molecule has 3 nitrogen and oxygen atoms in total. The molecule has 0 aromatic rings. The van der Waals surface area contributed by atoms with Crippen LogP contribution in [-0.4, -0.2) is 10.7 Å². The van der Waals surface area contributed by atoms with Crippen molar-refractivity contribution in [1.29, 1.82) is 0 Å². The average molecular weight is 220 g/mol. The third-order valence-electron chi connectivity index (χ3n) is 1.12. The zero-order valence-electron chi connectivity index (χ0n) is 7.52. The normalized spacial score (nSPS) is 14.9. The van der Waals surface area contributed by atoms with Gasteiger partial charge >= 0.3 is 0 Å². The lowest BCUT2D eigenvalue weighted by Gasteiger charge is -2.10. The molecule has 5 heteroatoms. The first-order valence-corrected chi connectivity index (χ1v) is 5.53. The first kappa shape index (κ1) is 13.1. The Kier molecular flexibility index (Phi) is 8.69. The number of hydrogen-bond acceptors (Lipinski definition) is 5. The summed E-state index contributed by atoms with van der Waals surface area (Å²) in [7, 11) is 0. The van der Waals surface area contributed by atoms with Gasteiger partial charge in [0.25, 0.3) is 0 Å². The summed E-state index contributed by atoms with van der Waals surface area (Å²) in [4.78, 5) is 0. The van der Waals surface area contributed by atoms with E-state index in [2.05, 4.69) is 13.2 Å². The van der Waals surface area contributed by atoms with Gasteiger partial charge in [0.15, 0.2) is 0 Å². The van der Waals surface area contributed by atoms with Crippen LogP contribution in [0.4, 0.5) is 0 Å². The number of rotatable bonds is 8. The Balaban J connectivity index is 3.32. The molecule has 0 amide bonds. The van der Waals surface area contributed by atoms with E-state index in [0.717, 1.165) is 12.8 Å². The van der Waals surface area contributed by atoms with Crippen molar-refractivity contribution in [3.05, 3.63) is 25.3 Å². The van der Waals surface area contributed by atoms with Gasteiger partial charge in [0.05, 0.1) is 10.7 Å². The molecule has 2 atom stereocenters. The molecule has 0 saturated heterocycles. The Morgan fingerprint density at radius 1 is 1.08 bits per heavy atom. The molecule has 0 saturated carbocycles. The standard InChI is InChI=1S/C8H16N2OS2/c1-3-5-7(9)12-11-13-8(10)6-4-2/h3-4,7-8H,1-2,5-6,9-10H2. The van der Waals surface area contributed by atoms with Gasteiger partial charge in [-0.1, -0.05) is 12.2 Å². The van der Waals surface area contributed by atoms with Crippen LogP contribution in [0.1, 0.15) is 12.8 Å². The minimum absolute atomic E-state index is 0.0686. The molecule has 76 valence electrons. The van der Waals surface area contributed by atoms with E-state index in [0.29, 0.717) is 0 Å². The summed E-state index contributed by atoms with van der Waals surface area (Å²) in [6.45, 7) is 7.16. The highest BCUT2D eigenvalue weighted by molar-refractivity contribution is 8.08. The minimum Gasteiger partial charge on any atom is -0.317 e. The summed E-state index contributed by atoms with van der Waals surface area (Å²) in [6, 6.07) is 0. The van der Waals surface area contributed by atoms with Crippen LogP contribution in [0.2, 0.25) is 0 Å². The highest BCUT2D eigenvalue weighted by Gasteiger charge is 2.05. The van der Waals surface area contributed by atoms with Gasteiger partial charge in [-0.25, -0.2) is 3.63 Å². The quantitative estimate of drug-likeness (QED) is 0.372. The Hall–Kier alpha value is 0.0600. The number of hydrogen-bond donors (Lipinski definition) is 2. The maximum Gasteiger partial charge on any atom is 0.0821 e. The summed E-state index contributed by atoms with van der Waals surface area (Å²) in [5, 5.41) is -0.137. The first-order chi connectivity index (χ1) is 6.20. The Bertz CT molecular complexity index is 139. The van der Waals surface area contributed by atoms with Crippen LogP contribution in [0.5, 0.6) is 0 Å². The van der Waals surface area contributed by atoms with Crippen molar-refractivity contribution in [3.8, 4) is 0 Å².